The van der Waals surface area contributed by atoms with Crippen LogP contribution in [0, 0.1) is 28.4 Å². The molecule has 0 bridgehead atoms. The molecule has 1 saturated carbocycles. The molecule has 0 spiro atoms. The molecular formula is C35H41F2N5O4SSi. The molecule has 2 heterocycles. The van der Waals surface area contributed by atoms with Crippen molar-refractivity contribution in [1.29, 1.82) is 5.26 Å². The number of aliphatic hydroxyl groups is 1. The van der Waals surface area contributed by atoms with E-state index in [9.17, 15) is 10.4 Å². The van der Waals surface area contributed by atoms with Crippen LogP contribution in [0.3, 0.4) is 0 Å². The number of nitrogens with zero attached hydrogens (tertiary/aromatic N) is 3. The number of rotatable bonds is 14. The summed E-state index contributed by atoms with van der Waals surface area (Å²) in [5.74, 6) is -1.83. The van der Waals surface area contributed by atoms with Crippen molar-refractivity contribution in [3.63, 3.8) is 0 Å². The Hall–Kier alpha value is -4.09. The lowest BCUT2D eigenvalue weighted by molar-refractivity contribution is 0.0899. The smallest absolute Gasteiger partial charge is 0.198 e. The molecule has 13 heteroatoms. The van der Waals surface area contributed by atoms with Gasteiger partial charge in [-0.25, -0.2) is 13.8 Å². The molecule has 5 rings (SSSR count). The zero-order valence-corrected chi connectivity index (χ0v) is 29.6. The Morgan fingerprint density at radius 1 is 1.15 bits per heavy atom. The normalized spacial score (nSPS) is 13.8. The second kappa shape index (κ2) is 14.6. The number of ether oxygens (including phenoxy) is 3. The molecule has 0 atom stereocenters. The van der Waals surface area contributed by atoms with E-state index in [0.29, 0.717) is 46.6 Å². The zero-order chi connectivity index (χ0) is 34.6. The number of benzene rings is 2. The van der Waals surface area contributed by atoms with Gasteiger partial charge in [0.15, 0.2) is 22.5 Å². The van der Waals surface area contributed by atoms with Gasteiger partial charge >= 0.3 is 0 Å². The minimum atomic E-state index is -1.32. The molecule has 0 aliphatic heterocycles. The van der Waals surface area contributed by atoms with Crippen molar-refractivity contribution in [3.05, 3.63) is 66.0 Å². The van der Waals surface area contributed by atoms with E-state index in [-0.39, 0.29) is 41.4 Å². The molecule has 48 heavy (non-hydrogen) atoms. The fraction of sp³-hybridized carbons (Fsp3) is 0.400. The average molecular weight is 694 g/mol. The Morgan fingerprint density at radius 3 is 2.50 bits per heavy atom. The minimum Gasteiger partial charge on any atom is -0.490 e. The lowest BCUT2D eigenvalue weighted by atomic mass is 10.0. The Balaban J connectivity index is 1.47. The second-order valence-electron chi connectivity index (χ2n) is 13.7. The average Bonchev–Trinajstić information content (AvgIpc) is 3.72. The molecule has 254 valence electrons. The van der Waals surface area contributed by atoms with Gasteiger partial charge in [-0.1, -0.05) is 25.7 Å². The molecule has 3 N–H and O–H groups in total. The third-order valence-electron chi connectivity index (χ3n) is 8.10. The molecule has 2 aromatic heterocycles. The van der Waals surface area contributed by atoms with Gasteiger partial charge in [0.1, 0.15) is 29.9 Å². The monoisotopic (exact) mass is 693 g/mol. The fourth-order valence-electron chi connectivity index (χ4n) is 5.12. The van der Waals surface area contributed by atoms with Crippen molar-refractivity contribution < 1.29 is 28.1 Å². The summed E-state index contributed by atoms with van der Waals surface area (Å²) in [5, 5.41) is 25.9. The van der Waals surface area contributed by atoms with Gasteiger partial charge in [-0.3, -0.25) is 0 Å². The molecule has 0 radical (unpaired) electrons. The molecular weight excluding hydrogens is 653 g/mol. The quantitative estimate of drug-likeness (QED) is 0.0692. The van der Waals surface area contributed by atoms with Crippen LogP contribution in [0.1, 0.15) is 32.3 Å². The van der Waals surface area contributed by atoms with Crippen molar-refractivity contribution in [3.8, 4) is 34.4 Å². The first kappa shape index (κ1) is 35.2. The van der Waals surface area contributed by atoms with E-state index < -0.39 is 25.5 Å². The second-order valence-corrected chi connectivity index (χ2v) is 19.7. The van der Waals surface area contributed by atoms with Gasteiger partial charge in [-0.15, -0.1) is 0 Å². The van der Waals surface area contributed by atoms with Crippen LogP contribution in [0.25, 0.3) is 22.2 Å². The third kappa shape index (κ3) is 8.49. The van der Waals surface area contributed by atoms with Gasteiger partial charge in [-0.05, 0) is 68.7 Å². The van der Waals surface area contributed by atoms with E-state index in [1.165, 1.54) is 6.20 Å². The van der Waals surface area contributed by atoms with Gasteiger partial charge < -0.3 is 34.5 Å². The number of aliphatic hydroxyl groups excluding tert-OH is 1. The molecule has 1 fully saturated rings. The summed E-state index contributed by atoms with van der Waals surface area (Å²) in [6.07, 6.45) is 5.01. The molecule has 9 nitrogen and oxygen atoms in total. The minimum absolute atomic E-state index is 0.0498. The first-order chi connectivity index (χ1) is 22.8. The number of fused-ring (bicyclic) bond motifs is 1. The van der Waals surface area contributed by atoms with E-state index in [2.05, 4.69) is 41.3 Å². The van der Waals surface area contributed by atoms with Gasteiger partial charge in [-0.2, -0.15) is 5.26 Å². The van der Waals surface area contributed by atoms with Crippen LogP contribution in [-0.4, -0.2) is 53.7 Å². The van der Waals surface area contributed by atoms with E-state index in [4.69, 9.17) is 26.4 Å². The van der Waals surface area contributed by atoms with Crippen molar-refractivity contribution in [2.24, 2.45) is 5.41 Å². The Bertz CT molecular complexity index is 1830. The predicted octanol–water partition coefficient (Wildman–Crippen LogP) is 7.80. The highest BCUT2D eigenvalue weighted by Crippen LogP contribution is 2.44. The number of pyridine rings is 1. The van der Waals surface area contributed by atoms with Gasteiger partial charge in [0, 0.05) is 62.4 Å². The number of anilines is 1. The van der Waals surface area contributed by atoms with E-state index in [1.54, 1.807) is 18.2 Å². The van der Waals surface area contributed by atoms with E-state index >= 15 is 8.78 Å². The lowest BCUT2D eigenvalue weighted by Crippen LogP contribution is -2.34. The van der Waals surface area contributed by atoms with Crippen LogP contribution < -0.4 is 20.1 Å². The van der Waals surface area contributed by atoms with Crippen LogP contribution in [0.5, 0.6) is 17.2 Å². The Morgan fingerprint density at radius 2 is 1.88 bits per heavy atom. The van der Waals surface area contributed by atoms with E-state index in [1.807, 2.05) is 30.7 Å². The number of nitrogens with one attached hydrogen (secondary N) is 2. The highest BCUT2D eigenvalue weighted by Gasteiger charge is 2.41. The van der Waals surface area contributed by atoms with Crippen LogP contribution in [0.2, 0.25) is 25.7 Å². The highest BCUT2D eigenvalue weighted by molar-refractivity contribution is 7.80. The molecule has 2 aromatic carbocycles. The summed E-state index contributed by atoms with van der Waals surface area (Å²) in [4.78, 5) is 4.58. The molecule has 4 aromatic rings. The topological polar surface area (TPSA) is 114 Å². The Kier molecular flexibility index (Phi) is 10.7. The maximum atomic E-state index is 15.5. The summed E-state index contributed by atoms with van der Waals surface area (Å²) in [7, 11) is -1.32. The maximum Gasteiger partial charge on any atom is 0.198 e. The molecule has 0 unspecified atom stereocenters. The number of nitriles is 1. The van der Waals surface area contributed by atoms with Crippen molar-refractivity contribution >= 4 is 42.1 Å². The number of hydrogen-bond donors (Lipinski definition) is 3. The zero-order valence-electron chi connectivity index (χ0n) is 27.8. The summed E-state index contributed by atoms with van der Waals surface area (Å²) < 4.78 is 50.6. The van der Waals surface area contributed by atoms with E-state index in [0.717, 1.165) is 31.0 Å². The molecule has 0 saturated heterocycles. The summed E-state index contributed by atoms with van der Waals surface area (Å²) in [6, 6.07) is 12.2. The van der Waals surface area contributed by atoms with Crippen LogP contribution in [0.15, 0.2) is 48.8 Å². The molecule has 0 amide bonds. The SMILES string of the molecule is CC(C)Oc1ccc(-c2cn(COCC[Si](C)(C)C)c3nccc(Oc4c(F)cc(NC(=S)NCC5(CO)CC5)cc4F)c23)cc1C#N. The maximum absolute atomic E-state index is 15.5. The summed E-state index contributed by atoms with van der Waals surface area (Å²) in [6.45, 7) is 11.9. The first-order valence-corrected chi connectivity index (χ1v) is 20.0. The predicted molar refractivity (Wildman–Crippen MR) is 189 cm³/mol. The standard InChI is InChI=1S/C35H41F2N5O4SSi/c1-22(2)45-29-7-6-23(14-24(29)17-38)26-18-42(21-44-12-13-48(3,4)5)33-31(26)30(8-11-39-33)46-32-27(36)15-25(16-28(32)37)41-34(47)40-19-35(20-43)9-10-35/h6-8,11,14-16,18,22,43H,9-10,12-13,19-21H2,1-5H3,(H2,40,41,47). The summed E-state index contributed by atoms with van der Waals surface area (Å²) >= 11 is 5.30. The van der Waals surface area contributed by atoms with Gasteiger partial charge in [0.2, 0.25) is 0 Å². The number of aromatic nitrogens is 2. The summed E-state index contributed by atoms with van der Waals surface area (Å²) in [5.41, 5.74) is 2.06. The van der Waals surface area contributed by atoms with Crippen molar-refractivity contribution in [2.45, 2.75) is 65.2 Å². The van der Waals surface area contributed by atoms with Gasteiger partial charge in [0.05, 0.1) is 23.7 Å². The molecule has 1 aliphatic rings. The van der Waals surface area contributed by atoms with Crippen LogP contribution in [-0.2, 0) is 11.5 Å². The van der Waals surface area contributed by atoms with Crippen LogP contribution >= 0.6 is 12.2 Å². The van der Waals surface area contributed by atoms with Gasteiger partial charge in [0.25, 0.3) is 0 Å². The van der Waals surface area contributed by atoms with Crippen molar-refractivity contribution in [2.75, 3.05) is 25.1 Å². The highest BCUT2D eigenvalue weighted by atomic mass is 32.1. The number of halogens is 2. The van der Waals surface area contributed by atoms with Crippen LogP contribution in [0.4, 0.5) is 14.5 Å². The lowest BCUT2D eigenvalue weighted by Gasteiger charge is -2.16. The number of thiocarbonyl (C=S) groups is 1. The fourth-order valence-corrected chi connectivity index (χ4v) is 6.07. The Labute approximate surface area is 285 Å². The first-order valence-electron chi connectivity index (χ1n) is 15.9. The number of hydrogen-bond acceptors (Lipinski definition) is 7. The third-order valence-corrected chi connectivity index (χ3v) is 10.1. The molecule has 1 aliphatic carbocycles. The largest absolute Gasteiger partial charge is 0.490 e. The van der Waals surface area contributed by atoms with Crippen molar-refractivity contribution in [1.82, 2.24) is 14.9 Å².